The zero-order chi connectivity index (χ0) is 19.7. The summed E-state index contributed by atoms with van der Waals surface area (Å²) < 4.78 is 3.12. The summed E-state index contributed by atoms with van der Waals surface area (Å²) in [5.74, 6) is 1.03. The van der Waals surface area contributed by atoms with Gasteiger partial charge in [0.1, 0.15) is 11.3 Å². The standard InChI is InChI=1S/C19H28BrN5O2/c1-5-7-16(23-10-12(3)25(19(26)27)13(4)11-23)18-22-15-8-14(20)9-21-17(15)24(18)6-2/h8-9,12-13,16H,5-7,10-11H2,1-4H3,(H,26,27). The predicted octanol–water partition coefficient (Wildman–Crippen LogP) is 4.13. The van der Waals surface area contributed by atoms with Gasteiger partial charge in [0.05, 0.1) is 6.04 Å². The second-order valence-electron chi connectivity index (χ2n) is 7.36. The van der Waals surface area contributed by atoms with Crippen molar-refractivity contribution < 1.29 is 9.90 Å². The second kappa shape index (κ2) is 8.14. The van der Waals surface area contributed by atoms with E-state index in [4.69, 9.17) is 4.98 Å². The lowest BCUT2D eigenvalue weighted by molar-refractivity contribution is 0.0174. The van der Waals surface area contributed by atoms with Gasteiger partial charge in [-0.25, -0.2) is 14.8 Å². The first-order valence-corrected chi connectivity index (χ1v) is 10.4. The minimum Gasteiger partial charge on any atom is -0.465 e. The first kappa shape index (κ1) is 20.1. The number of hydrogen-bond donors (Lipinski definition) is 1. The van der Waals surface area contributed by atoms with Crippen molar-refractivity contribution in [1.82, 2.24) is 24.3 Å². The Bertz CT molecular complexity index is 812. The monoisotopic (exact) mass is 437 g/mol. The normalized spacial score (nSPS) is 22.3. The summed E-state index contributed by atoms with van der Waals surface area (Å²) in [5, 5.41) is 9.51. The zero-order valence-electron chi connectivity index (χ0n) is 16.4. The number of carboxylic acid groups (broad SMARTS) is 1. The lowest BCUT2D eigenvalue weighted by atomic mass is 10.0. The maximum Gasteiger partial charge on any atom is 0.407 e. The number of amides is 1. The molecule has 0 aliphatic carbocycles. The van der Waals surface area contributed by atoms with Crippen molar-refractivity contribution in [3.63, 3.8) is 0 Å². The molecule has 1 fully saturated rings. The second-order valence-corrected chi connectivity index (χ2v) is 8.27. The summed E-state index contributed by atoms with van der Waals surface area (Å²) >= 11 is 3.49. The van der Waals surface area contributed by atoms with Crippen LogP contribution in [0.3, 0.4) is 0 Å². The van der Waals surface area contributed by atoms with Gasteiger partial charge in [-0.15, -0.1) is 0 Å². The molecule has 8 heteroatoms. The number of fused-ring (bicyclic) bond motifs is 1. The Labute approximate surface area is 168 Å². The first-order valence-electron chi connectivity index (χ1n) is 9.64. The number of aryl methyl sites for hydroxylation is 1. The van der Waals surface area contributed by atoms with E-state index in [9.17, 15) is 9.90 Å². The molecule has 0 saturated carbocycles. The Morgan fingerprint density at radius 2 is 2.00 bits per heavy atom. The van der Waals surface area contributed by atoms with Gasteiger partial charge in [-0.3, -0.25) is 4.90 Å². The van der Waals surface area contributed by atoms with Crippen molar-refractivity contribution in [3.05, 3.63) is 22.6 Å². The van der Waals surface area contributed by atoms with E-state index in [1.165, 1.54) is 0 Å². The molecule has 1 aliphatic heterocycles. The molecule has 1 saturated heterocycles. The molecule has 0 spiro atoms. The average Bonchev–Trinajstić information content (AvgIpc) is 2.95. The maximum absolute atomic E-state index is 11.6. The summed E-state index contributed by atoms with van der Waals surface area (Å²) in [6.45, 7) is 10.5. The Kier molecular flexibility index (Phi) is 6.05. The summed E-state index contributed by atoms with van der Waals surface area (Å²) in [7, 11) is 0. The van der Waals surface area contributed by atoms with Crippen LogP contribution in [0.4, 0.5) is 4.79 Å². The summed E-state index contributed by atoms with van der Waals surface area (Å²) in [6, 6.07) is 2.08. The zero-order valence-corrected chi connectivity index (χ0v) is 18.0. The SMILES string of the molecule is CCCC(c1nc2cc(Br)cnc2n1CC)N1CC(C)N(C(=O)O)C(C)C1. The highest BCUT2D eigenvalue weighted by atomic mass is 79.9. The summed E-state index contributed by atoms with van der Waals surface area (Å²) in [4.78, 5) is 25.1. The molecular formula is C19H28BrN5O2. The molecular weight excluding hydrogens is 410 g/mol. The molecule has 3 heterocycles. The lowest BCUT2D eigenvalue weighted by Crippen LogP contribution is -2.59. The van der Waals surface area contributed by atoms with E-state index in [-0.39, 0.29) is 18.1 Å². The van der Waals surface area contributed by atoms with Gasteiger partial charge in [-0.1, -0.05) is 13.3 Å². The van der Waals surface area contributed by atoms with Gasteiger partial charge in [0, 0.05) is 42.4 Å². The van der Waals surface area contributed by atoms with Crippen molar-refractivity contribution in [2.45, 2.75) is 65.2 Å². The van der Waals surface area contributed by atoms with Crippen molar-refractivity contribution in [3.8, 4) is 0 Å². The van der Waals surface area contributed by atoms with Crippen LogP contribution in [-0.2, 0) is 6.54 Å². The van der Waals surface area contributed by atoms with Crippen molar-refractivity contribution in [1.29, 1.82) is 0 Å². The fourth-order valence-corrected chi connectivity index (χ4v) is 4.63. The highest BCUT2D eigenvalue weighted by Gasteiger charge is 2.37. The van der Waals surface area contributed by atoms with Crippen LogP contribution in [0.5, 0.6) is 0 Å². The third kappa shape index (κ3) is 3.82. The quantitative estimate of drug-likeness (QED) is 0.760. The molecule has 2 aromatic rings. The Morgan fingerprint density at radius 3 is 2.56 bits per heavy atom. The number of piperazine rings is 1. The van der Waals surface area contributed by atoms with E-state index in [1.807, 2.05) is 26.1 Å². The molecule has 1 N–H and O–H groups in total. The molecule has 2 aromatic heterocycles. The van der Waals surface area contributed by atoms with Crippen LogP contribution in [-0.4, -0.2) is 60.7 Å². The molecule has 1 aliphatic rings. The third-order valence-electron chi connectivity index (χ3n) is 5.37. The van der Waals surface area contributed by atoms with E-state index in [0.29, 0.717) is 13.1 Å². The fourth-order valence-electron chi connectivity index (χ4n) is 4.31. The van der Waals surface area contributed by atoms with Gasteiger partial charge in [-0.2, -0.15) is 0 Å². The van der Waals surface area contributed by atoms with Crippen LogP contribution in [0.25, 0.3) is 11.2 Å². The minimum absolute atomic E-state index is 0.0441. The van der Waals surface area contributed by atoms with E-state index < -0.39 is 6.09 Å². The molecule has 7 nitrogen and oxygen atoms in total. The highest BCUT2D eigenvalue weighted by molar-refractivity contribution is 9.10. The smallest absolute Gasteiger partial charge is 0.407 e. The summed E-state index contributed by atoms with van der Waals surface area (Å²) in [6.07, 6.45) is 2.99. The average molecular weight is 438 g/mol. The largest absolute Gasteiger partial charge is 0.465 e. The molecule has 3 rings (SSSR count). The summed E-state index contributed by atoms with van der Waals surface area (Å²) in [5.41, 5.74) is 1.80. The Balaban J connectivity index is 1.99. The number of aromatic nitrogens is 3. The van der Waals surface area contributed by atoms with Crippen LogP contribution in [0.2, 0.25) is 0 Å². The number of halogens is 1. The lowest BCUT2D eigenvalue weighted by Gasteiger charge is -2.45. The predicted molar refractivity (Wildman–Crippen MR) is 109 cm³/mol. The number of nitrogens with zero attached hydrogens (tertiary/aromatic N) is 5. The van der Waals surface area contributed by atoms with Gasteiger partial charge >= 0.3 is 6.09 Å². The molecule has 0 bridgehead atoms. The first-order chi connectivity index (χ1) is 12.9. The van der Waals surface area contributed by atoms with Gasteiger partial charge in [0.2, 0.25) is 0 Å². The Hall–Kier alpha value is -1.67. The van der Waals surface area contributed by atoms with Crippen LogP contribution in [0.1, 0.15) is 52.4 Å². The number of rotatable bonds is 5. The van der Waals surface area contributed by atoms with Gasteiger partial charge in [-0.05, 0) is 49.2 Å². The number of imidazole rings is 1. The van der Waals surface area contributed by atoms with Crippen LogP contribution < -0.4 is 0 Å². The number of pyridine rings is 1. The molecule has 27 heavy (non-hydrogen) atoms. The third-order valence-corrected chi connectivity index (χ3v) is 5.80. The van der Waals surface area contributed by atoms with Gasteiger partial charge in [0.25, 0.3) is 0 Å². The molecule has 3 unspecified atom stereocenters. The molecule has 0 aromatic carbocycles. The van der Waals surface area contributed by atoms with Crippen LogP contribution in [0.15, 0.2) is 16.7 Å². The molecule has 3 atom stereocenters. The number of carbonyl (C=O) groups is 1. The topological polar surface area (TPSA) is 74.5 Å². The van der Waals surface area contributed by atoms with Gasteiger partial charge in [0.15, 0.2) is 5.65 Å². The van der Waals surface area contributed by atoms with Crippen molar-refractivity contribution in [2.24, 2.45) is 0 Å². The molecule has 1 amide bonds. The van der Waals surface area contributed by atoms with Crippen LogP contribution in [0, 0.1) is 0 Å². The maximum atomic E-state index is 11.6. The van der Waals surface area contributed by atoms with E-state index in [0.717, 1.165) is 40.8 Å². The van der Waals surface area contributed by atoms with Crippen molar-refractivity contribution in [2.75, 3.05) is 13.1 Å². The van der Waals surface area contributed by atoms with E-state index in [2.05, 4.69) is 44.2 Å². The Morgan fingerprint density at radius 1 is 1.33 bits per heavy atom. The van der Waals surface area contributed by atoms with Gasteiger partial charge < -0.3 is 14.6 Å². The molecule has 148 valence electrons. The van der Waals surface area contributed by atoms with E-state index in [1.54, 1.807) is 4.90 Å². The fraction of sp³-hybridized carbons (Fsp3) is 0.632. The number of hydrogen-bond acceptors (Lipinski definition) is 4. The van der Waals surface area contributed by atoms with Crippen molar-refractivity contribution >= 4 is 33.2 Å². The molecule has 0 radical (unpaired) electrons. The van der Waals surface area contributed by atoms with E-state index >= 15 is 0 Å². The highest BCUT2D eigenvalue weighted by Crippen LogP contribution is 2.32. The minimum atomic E-state index is -0.837. The van der Waals surface area contributed by atoms with Crippen LogP contribution >= 0.6 is 15.9 Å².